The fourth-order valence-corrected chi connectivity index (χ4v) is 2.79. The number of piperidine rings is 1. The van der Waals surface area contributed by atoms with E-state index in [4.69, 9.17) is 4.84 Å². The Labute approximate surface area is 144 Å². The molecule has 0 radical (unpaired) electrons. The van der Waals surface area contributed by atoms with E-state index in [0.717, 1.165) is 30.5 Å². The molecular weight excluding hydrogens is 304 g/mol. The van der Waals surface area contributed by atoms with Gasteiger partial charge in [-0.15, -0.1) is 0 Å². The van der Waals surface area contributed by atoms with Crippen LogP contribution in [0.25, 0.3) is 0 Å². The van der Waals surface area contributed by atoms with Crippen molar-refractivity contribution < 1.29 is 9.63 Å². The van der Waals surface area contributed by atoms with Crippen molar-refractivity contribution in [3.63, 3.8) is 0 Å². The van der Waals surface area contributed by atoms with Gasteiger partial charge in [0.2, 0.25) is 5.91 Å². The smallest absolute Gasteiger partial charge is 0.239 e. The van der Waals surface area contributed by atoms with E-state index in [1.165, 1.54) is 0 Å². The quantitative estimate of drug-likeness (QED) is 0.778. The van der Waals surface area contributed by atoms with Crippen molar-refractivity contribution in [2.24, 2.45) is 11.1 Å². The van der Waals surface area contributed by atoms with Gasteiger partial charge in [-0.05, 0) is 37.1 Å². The minimum Gasteiger partial charge on any atom is -0.391 e. The number of nitrogens with zero attached hydrogens (tertiary/aromatic N) is 3. The number of pyridine rings is 1. The van der Waals surface area contributed by atoms with Gasteiger partial charge < -0.3 is 15.1 Å². The van der Waals surface area contributed by atoms with Crippen LogP contribution >= 0.6 is 0 Å². The number of hydrogen-bond donors (Lipinski definition) is 1. The van der Waals surface area contributed by atoms with Crippen LogP contribution in [0.3, 0.4) is 0 Å². The van der Waals surface area contributed by atoms with E-state index < -0.39 is 0 Å². The van der Waals surface area contributed by atoms with E-state index in [-0.39, 0.29) is 11.9 Å². The SMILES string of the molecule is CN[C@@H](CC(C)C)C(=O)N1CCC(=NOCc2ccncc2)CC1. The van der Waals surface area contributed by atoms with Crippen molar-refractivity contribution in [3.05, 3.63) is 30.1 Å². The maximum Gasteiger partial charge on any atom is 0.239 e. The molecule has 24 heavy (non-hydrogen) atoms. The van der Waals surface area contributed by atoms with Crippen molar-refractivity contribution in [1.82, 2.24) is 15.2 Å². The van der Waals surface area contributed by atoms with Crippen LogP contribution in [0.15, 0.2) is 29.7 Å². The number of rotatable bonds is 7. The molecule has 2 rings (SSSR count). The van der Waals surface area contributed by atoms with Gasteiger partial charge in [0.15, 0.2) is 0 Å². The molecule has 1 aliphatic rings. The summed E-state index contributed by atoms with van der Waals surface area (Å²) in [5.41, 5.74) is 2.07. The average Bonchev–Trinajstić information content (AvgIpc) is 2.60. The van der Waals surface area contributed by atoms with Crippen LogP contribution in [0.2, 0.25) is 0 Å². The Hall–Kier alpha value is -1.95. The van der Waals surface area contributed by atoms with Crippen LogP contribution in [0.1, 0.15) is 38.7 Å². The first-order valence-corrected chi connectivity index (χ1v) is 8.62. The number of likely N-dealkylation sites (tertiary alicyclic amines) is 1. The van der Waals surface area contributed by atoms with Gasteiger partial charge in [-0.1, -0.05) is 19.0 Å². The fourth-order valence-electron chi connectivity index (χ4n) is 2.79. The third-order valence-electron chi connectivity index (χ3n) is 4.18. The van der Waals surface area contributed by atoms with Crippen LogP contribution in [0.5, 0.6) is 0 Å². The van der Waals surface area contributed by atoms with Crippen LogP contribution in [-0.2, 0) is 16.2 Å². The molecule has 0 bridgehead atoms. The predicted octanol–water partition coefficient (Wildman–Crippen LogP) is 2.21. The second-order valence-corrected chi connectivity index (χ2v) is 6.58. The molecule has 2 heterocycles. The average molecular weight is 332 g/mol. The molecule has 1 fully saturated rings. The molecule has 1 aliphatic heterocycles. The highest BCUT2D eigenvalue weighted by Crippen LogP contribution is 2.13. The zero-order valence-electron chi connectivity index (χ0n) is 14.9. The number of aromatic nitrogens is 1. The minimum absolute atomic E-state index is 0.0913. The summed E-state index contributed by atoms with van der Waals surface area (Å²) in [6.07, 6.45) is 5.90. The molecule has 1 N–H and O–H groups in total. The van der Waals surface area contributed by atoms with Crippen molar-refractivity contribution in [2.75, 3.05) is 20.1 Å². The van der Waals surface area contributed by atoms with Gasteiger partial charge >= 0.3 is 0 Å². The van der Waals surface area contributed by atoms with Crippen LogP contribution in [0.4, 0.5) is 0 Å². The van der Waals surface area contributed by atoms with Gasteiger partial charge in [-0.2, -0.15) is 0 Å². The first-order valence-electron chi connectivity index (χ1n) is 8.62. The Morgan fingerprint density at radius 3 is 2.58 bits per heavy atom. The standard InChI is InChI=1S/C18H28N4O2/c1-14(2)12-17(19-3)18(23)22-10-6-16(7-11-22)21-24-13-15-4-8-20-9-5-15/h4-5,8-9,14,17,19H,6-7,10-13H2,1-3H3/t17-/m0/s1. The molecule has 132 valence electrons. The molecule has 1 atom stereocenters. The molecule has 1 amide bonds. The maximum absolute atomic E-state index is 12.6. The first-order chi connectivity index (χ1) is 11.6. The second kappa shape index (κ2) is 9.37. The van der Waals surface area contributed by atoms with Crippen molar-refractivity contribution in [1.29, 1.82) is 0 Å². The molecular formula is C18H28N4O2. The Kier molecular flexibility index (Phi) is 7.18. The van der Waals surface area contributed by atoms with Gasteiger partial charge in [0.25, 0.3) is 0 Å². The third kappa shape index (κ3) is 5.60. The van der Waals surface area contributed by atoms with Crippen molar-refractivity contribution >= 4 is 11.6 Å². The number of likely N-dealkylation sites (N-methyl/N-ethyl adjacent to an activating group) is 1. The molecule has 0 unspecified atom stereocenters. The highest BCUT2D eigenvalue weighted by Gasteiger charge is 2.26. The molecule has 0 spiro atoms. The molecule has 0 aliphatic carbocycles. The third-order valence-corrected chi connectivity index (χ3v) is 4.18. The summed E-state index contributed by atoms with van der Waals surface area (Å²) in [5.74, 6) is 0.692. The highest BCUT2D eigenvalue weighted by atomic mass is 16.6. The number of oxime groups is 1. The minimum atomic E-state index is -0.0913. The zero-order valence-corrected chi connectivity index (χ0v) is 14.9. The number of carbonyl (C=O) groups excluding carboxylic acids is 1. The molecule has 0 saturated carbocycles. The van der Waals surface area contributed by atoms with E-state index in [0.29, 0.717) is 25.6 Å². The summed E-state index contributed by atoms with van der Waals surface area (Å²) in [7, 11) is 1.86. The Bertz CT molecular complexity index is 535. The van der Waals surface area contributed by atoms with Gasteiger partial charge in [0.1, 0.15) is 6.61 Å². The number of amides is 1. The van der Waals surface area contributed by atoms with E-state index in [2.05, 4.69) is 29.3 Å². The fraction of sp³-hybridized carbons (Fsp3) is 0.611. The van der Waals surface area contributed by atoms with Crippen molar-refractivity contribution in [2.45, 2.75) is 45.8 Å². The first kappa shape index (κ1) is 18.4. The van der Waals surface area contributed by atoms with E-state index >= 15 is 0 Å². The van der Waals surface area contributed by atoms with Crippen LogP contribution < -0.4 is 5.32 Å². The lowest BCUT2D eigenvalue weighted by Crippen LogP contribution is -2.48. The normalized spacial score (nSPS) is 16.2. The van der Waals surface area contributed by atoms with Gasteiger partial charge in [-0.3, -0.25) is 9.78 Å². The lowest BCUT2D eigenvalue weighted by Gasteiger charge is -2.31. The summed E-state index contributed by atoms with van der Waals surface area (Å²) in [5, 5.41) is 7.37. The zero-order chi connectivity index (χ0) is 17.4. The Balaban J connectivity index is 1.78. The summed E-state index contributed by atoms with van der Waals surface area (Å²) >= 11 is 0. The van der Waals surface area contributed by atoms with Crippen LogP contribution in [-0.4, -0.2) is 47.7 Å². The number of nitrogens with one attached hydrogen (secondary N) is 1. The largest absolute Gasteiger partial charge is 0.391 e. The topological polar surface area (TPSA) is 66.8 Å². The molecule has 0 aromatic carbocycles. The monoisotopic (exact) mass is 332 g/mol. The maximum atomic E-state index is 12.6. The second-order valence-electron chi connectivity index (χ2n) is 6.58. The highest BCUT2D eigenvalue weighted by molar-refractivity contribution is 5.88. The predicted molar refractivity (Wildman–Crippen MR) is 94.6 cm³/mol. The van der Waals surface area contributed by atoms with Crippen molar-refractivity contribution in [3.8, 4) is 0 Å². The summed E-state index contributed by atoms with van der Waals surface area (Å²) < 4.78 is 0. The Morgan fingerprint density at radius 1 is 1.33 bits per heavy atom. The van der Waals surface area contributed by atoms with Gasteiger partial charge in [0.05, 0.1) is 11.8 Å². The van der Waals surface area contributed by atoms with Gasteiger partial charge in [-0.25, -0.2) is 0 Å². The molecule has 1 aromatic heterocycles. The molecule has 1 aromatic rings. The lowest BCUT2D eigenvalue weighted by atomic mass is 10.0. The van der Waals surface area contributed by atoms with Crippen LogP contribution in [0, 0.1) is 5.92 Å². The van der Waals surface area contributed by atoms with E-state index in [1.54, 1.807) is 12.4 Å². The molecule has 6 nitrogen and oxygen atoms in total. The Morgan fingerprint density at radius 2 is 2.00 bits per heavy atom. The summed E-state index contributed by atoms with van der Waals surface area (Å²) in [6.45, 7) is 6.15. The molecule has 1 saturated heterocycles. The van der Waals surface area contributed by atoms with E-state index in [9.17, 15) is 4.79 Å². The van der Waals surface area contributed by atoms with E-state index in [1.807, 2.05) is 24.1 Å². The lowest BCUT2D eigenvalue weighted by molar-refractivity contribution is -0.133. The number of hydrogen-bond acceptors (Lipinski definition) is 5. The summed E-state index contributed by atoms with van der Waals surface area (Å²) in [4.78, 5) is 23.9. The summed E-state index contributed by atoms with van der Waals surface area (Å²) in [6, 6.07) is 3.73. The van der Waals surface area contributed by atoms with Gasteiger partial charge in [0, 0.05) is 38.3 Å². The molecule has 6 heteroatoms. The number of carbonyl (C=O) groups is 1.